The summed E-state index contributed by atoms with van der Waals surface area (Å²) in [6.45, 7) is 8.09. The van der Waals surface area contributed by atoms with Gasteiger partial charge in [-0.05, 0) is 46.0 Å². The molecular formula is C17H25N5O. The lowest BCUT2D eigenvalue weighted by Crippen LogP contribution is -2.37. The first-order chi connectivity index (χ1) is 11.0. The standard InChI is InChI=1S/C17H25N5O/c1-11-9-16(22-17(19-11)12(2)13(3)20-22)21-8-4-5-14(10-21)6-7-15(18)23/h9,14H,4-8,10H2,1-3H3,(H2,18,23)/t14-/m0/s1. The van der Waals surface area contributed by atoms with Crippen LogP contribution in [-0.4, -0.2) is 33.6 Å². The van der Waals surface area contributed by atoms with E-state index in [1.54, 1.807) is 0 Å². The van der Waals surface area contributed by atoms with Crippen LogP contribution >= 0.6 is 0 Å². The number of hydrogen-bond acceptors (Lipinski definition) is 4. The van der Waals surface area contributed by atoms with E-state index < -0.39 is 0 Å². The van der Waals surface area contributed by atoms with E-state index in [4.69, 9.17) is 5.73 Å². The third-order valence-corrected chi connectivity index (χ3v) is 4.81. The Balaban J connectivity index is 1.90. The van der Waals surface area contributed by atoms with E-state index in [1.165, 1.54) is 0 Å². The molecule has 2 N–H and O–H groups in total. The summed E-state index contributed by atoms with van der Waals surface area (Å²) in [5, 5.41) is 4.67. The van der Waals surface area contributed by atoms with Crippen LogP contribution < -0.4 is 10.6 Å². The second-order valence-electron chi connectivity index (χ2n) is 6.66. The number of rotatable bonds is 4. The predicted octanol–water partition coefficient (Wildman–Crippen LogP) is 2.14. The zero-order valence-corrected chi connectivity index (χ0v) is 14.2. The average molecular weight is 315 g/mol. The van der Waals surface area contributed by atoms with Crippen molar-refractivity contribution in [3.63, 3.8) is 0 Å². The number of nitrogens with zero attached hydrogens (tertiary/aromatic N) is 4. The zero-order chi connectivity index (χ0) is 16.6. The molecule has 6 heteroatoms. The summed E-state index contributed by atoms with van der Waals surface area (Å²) >= 11 is 0. The van der Waals surface area contributed by atoms with Crippen LogP contribution in [0.5, 0.6) is 0 Å². The highest BCUT2D eigenvalue weighted by molar-refractivity contribution is 5.73. The van der Waals surface area contributed by atoms with Crippen molar-refractivity contribution in [2.75, 3.05) is 18.0 Å². The van der Waals surface area contributed by atoms with Gasteiger partial charge in [-0.3, -0.25) is 4.79 Å². The van der Waals surface area contributed by atoms with Gasteiger partial charge < -0.3 is 10.6 Å². The SMILES string of the molecule is Cc1cc(N2CCC[C@@H](CCC(N)=O)C2)n2nc(C)c(C)c2n1. The van der Waals surface area contributed by atoms with Gasteiger partial charge >= 0.3 is 0 Å². The Labute approximate surface area is 136 Å². The molecule has 3 rings (SSSR count). The number of amides is 1. The normalized spacial score (nSPS) is 18.6. The Hall–Kier alpha value is -2.11. The highest BCUT2D eigenvalue weighted by Crippen LogP contribution is 2.27. The summed E-state index contributed by atoms with van der Waals surface area (Å²) in [6, 6.07) is 2.11. The third kappa shape index (κ3) is 3.16. The largest absolute Gasteiger partial charge is 0.370 e. The van der Waals surface area contributed by atoms with Crippen LogP contribution in [0, 0.1) is 26.7 Å². The number of anilines is 1. The van der Waals surface area contributed by atoms with Crippen LogP contribution in [0.25, 0.3) is 5.65 Å². The number of aryl methyl sites for hydroxylation is 3. The van der Waals surface area contributed by atoms with Gasteiger partial charge in [-0.2, -0.15) is 9.61 Å². The van der Waals surface area contributed by atoms with Gasteiger partial charge in [-0.1, -0.05) is 0 Å². The van der Waals surface area contributed by atoms with Crippen LogP contribution in [0.1, 0.15) is 42.6 Å². The molecule has 1 atom stereocenters. The van der Waals surface area contributed by atoms with E-state index in [-0.39, 0.29) is 5.91 Å². The van der Waals surface area contributed by atoms with Gasteiger partial charge in [0, 0.05) is 36.8 Å². The molecule has 0 spiro atoms. The summed E-state index contributed by atoms with van der Waals surface area (Å²) in [4.78, 5) is 18.1. The molecule has 0 bridgehead atoms. The number of nitrogens with two attached hydrogens (primary N) is 1. The first kappa shape index (κ1) is 15.8. The molecule has 3 heterocycles. The molecule has 1 aliphatic rings. The smallest absolute Gasteiger partial charge is 0.217 e. The number of piperidine rings is 1. The van der Waals surface area contributed by atoms with Gasteiger partial charge in [0.15, 0.2) is 5.65 Å². The first-order valence-electron chi connectivity index (χ1n) is 8.32. The molecule has 1 fully saturated rings. The average Bonchev–Trinajstić information content (AvgIpc) is 2.80. The molecule has 124 valence electrons. The van der Waals surface area contributed by atoms with E-state index in [9.17, 15) is 4.79 Å². The van der Waals surface area contributed by atoms with Crippen LogP contribution in [0.3, 0.4) is 0 Å². The maximum atomic E-state index is 11.0. The van der Waals surface area contributed by atoms with Crippen molar-refractivity contribution in [2.45, 2.75) is 46.5 Å². The molecule has 0 aromatic carbocycles. The number of carbonyl (C=O) groups excluding carboxylic acids is 1. The Morgan fingerprint density at radius 3 is 2.91 bits per heavy atom. The van der Waals surface area contributed by atoms with E-state index >= 15 is 0 Å². The van der Waals surface area contributed by atoms with Crippen molar-refractivity contribution in [2.24, 2.45) is 11.7 Å². The van der Waals surface area contributed by atoms with Crippen LogP contribution in [0.15, 0.2) is 6.07 Å². The molecule has 0 aliphatic carbocycles. The maximum Gasteiger partial charge on any atom is 0.217 e. The summed E-state index contributed by atoms with van der Waals surface area (Å²) in [7, 11) is 0. The van der Waals surface area contributed by atoms with E-state index in [0.29, 0.717) is 12.3 Å². The zero-order valence-electron chi connectivity index (χ0n) is 14.2. The lowest BCUT2D eigenvalue weighted by molar-refractivity contribution is -0.118. The Morgan fingerprint density at radius 2 is 2.17 bits per heavy atom. The van der Waals surface area contributed by atoms with Gasteiger partial charge in [0.25, 0.3) is 0 Å². The summed E-state index contributed by atoms with van der Waals surface area (Å²) in [5.74, 6) is 1.41. The van der Waals surface area contributed by atoms with Gasteiger partial charge in [0.05, 0.1) is 5.69 Å². The maximum absolute atomic E-state index is 11.0. The van der Waals surface area contributed by atoms with Gasteiger partial charge in [0.1, 0.15) is 5.82 Å². The fraction of sp³-hybridized carbons (Fsp3) is 0.588. The lowest BCUT2D eigenvalue weighted by atomic mass is 9.93. The third-order valence-electron chi connectivity index (χ3n) is 4.81. The molecule has 0 unspecified atom stereocenters. The second-order valence-corrected chi connectivity index (χ2v) is 6.66. The van der Waals surface area contributed by atoms with Crippen molar-refractivity contribution in [3.05, 3.63) is 23.0 Å². The summed E-state index contributed by atoms with van der Waals surface area (Å²) in [6.07, 6.45) is 3.64. The Bertz CT molecular complexity index is 736. The molecule has 1 aliphatic heterocycles. The summed E-state index contributed by atoms with van der Waals surface area (Å²) < 4.78 is 1.97. The molecule has 2 aromatic heterocycles. The number of primary amides is 1. The monoisotopic (exact) mass is 315 g/mol. The Morgan fingerprint density at radius 1 is 1.39 bits per heavy atom. The van der Waals surface area contributed by atoms with E-state index in [0.717, 1.165) is 60.8 Å². The quantitative estimate of drug-likeness (QED) is 0.938. The van der Waals surface area contributed by atoms with Crippen LogP contribution in [0.4, 0.5) is 5.82 Å². The number of fused-ring (bicyclic) bond motifs is 1. The van der Waals surface area contributed by atoms with Gasteiger partial charge in [-0.25, -0.2) is 4.98 Å². The minimum atomic E-state index is -0.206. The van der Waals surface area contributed by atoms with Crippen LogP contribution in [0.2, 0.25) is 0 Å². The Kier molecular flexibility index (Phi) is 4.24. The summed E-state index contributed by atoms with van der Waals surface area (Å²) in [5.41, 5.74) is 9.40. The van der Waals surface area contributed by atoms with Crippen LogP contribution in [-0.2, 0) is 4.79 Å². The lowest BCUT2D eigenvalue weighted by Gasteiger charge is -2.34. The molecule has 0 radical (unpaired) electrons. The van der Waals surface area contributed by atoms with Gasteiger partial charge in [-0.15, -0.1) is 0 Å². The molecule has 1 amide bonds. The van der Waals surface area contributed by atoms with Crippen molar-refractivity contribution >= 4 is 17.4 Å². The van der Waals surface area contributed by atoms with Crippen molar-refractivity contribution in [1.82, 2.24) is 14.6 Å². The molecular weight excluding hydrogens is 290 g/mol. The highest BCUT2D eigenvalue weighted by Gasteiger charge is 2.23. The fourth-order valence-corrected chi connectivity index (χ4v) is 3.41. The van der Waals surface area contributed by atoms with Crippen molar-refractivity contribution < 1.29 is 4.79 Å². The van der Waals surface area contributed by atoms with Gasteiger partial charge in [0.2, 0.25) is 5.91 Å². The van der Waals surface area contributed by atoms with Crippen molar-refractivity contribution in [3.8, 4) is 0 Å². The molecule has 23 heavy (non-hydrogen) atoms. The topological polar surface area (TPSA) is 76.5 Å². The number of aromatic nitrogens is 3. The van der Waals surface area contributed by atoms with E-state index in [2.05, 4.69) is 28.0 Å². The minimum Gasteiger partial charge on any atom is -0.370 e. The highest BCUT2D eigenvalue weighted by atomic mass is 16.1. The minimum absolute atomic E-state index is 0.206. The fourth-order valence-electron chi connectivity index (χ4n) is 3.41. The molecule has 1 saturated heterocycles. The predicted molar refractivity (Wildman–Crippen MR) is 90.6 cm³/mol. The second kappa shape index (κ2) is 6.18. The molecule has 6 nitrogen and oxygen atoms in total. The first-order valence-corrected chi connectivity index (χ1v) is 8.32. The van der Waals surface area contributed by atoms with E-state index in [1.807, 2.05) is 18.4 Å². The number of hydrogen-bond donors (Lipinski definition) is 1. The molecule has 0 saturated carbocycles. The van der Waals surface area contributed by atoms with Crippen molar-refractivity contribution in [1.29, 1.82) is 0 Å². The number of carbonyl (C=O) groups is 1. The molecule has 2 aromatic rings.